The summed E-state index contributed by atoms with van der Waals surface area (Å²) < 4.78 is 7.61. The van der Waals surface area contributed by atoms with E-state index in [1.807, 2.05) is 48.5 Å². The van der Waals surface area contributed by atoms with Gasteiger partial charge in [-0.2, -0.15) is 5.10 Å². The molecule has 0 aliphatic carbocycles. The van der Waals surface area contributed by atoms with Crippen molar-refractivity contribution in [2.24, 2.45) is 0 Å². The zero-order chi connectivity index (χ0) is 16.2. The highest BCUT2D eigenvalue weighted by molar-refractivity contribution is 9.10. The molecule has 0 radical (unpaired) electrons. The Bertz CT molecular complexity index is 873. The van der Waals surface area contributed by atoms with E-state index in [-0.39, 0.29) is 5.56 Å². The molecule has 0 aliphatic heterocycles. The Morgan fingerprint density at radius 2 is 1.87 bits per heavy atom. The molecule has 1 heterocycles. The molecule has 1 aromatic heterocycles. The first-order chi connectivity index (χ1) is 11.2. The van der Waals surface area contributed by atoms with Gasteiger partial charge in [-0.1, -0.05) is 28.1 Å². The molecule has 116 valence electrons. The monoisotopic (exact) mass is 370 g/mol. The average Bonchev–Trinajstić information content (AvgIpc) is 2.57. The summed E-state index contributed by atoms with van der Waals surface area (Å²) >= 11 is 3.44. The maximum atomic E-state index is 12.1. The van der Waals surface area contributed by atoms with Crippen LogP contribution in [0.2, 0.25) is 0 Å². The summed E-state index contributed by atoms with van der Waals surface area (Å²) in [6.07, 6.45) is 0. The Labute approximate surface area is 142 Å². The quantitative estimate of drug-likeness (QED) is 0.702. The van der Waals surface area contributed by atoms with Crippen molar-refractivity contribution in [1.29, 1.82) is 0 Å². The third-order valence-corrected chi connectivity index (χ3v) is 3.97. The van der Waals surface area contributed by atoms with Gasteiger partial charge < -0.3 is 4.74 Å². The predicted molar refractivity (Wildman–Crippen MR) is 93.7 cm³/mol. The van der Waals surface area contributed by atoms with E-state index < -0.39 is 0 Å². The molecule has 0 saturated carbocycles. The number of aromatic nitrogens is 2. The minimum absolute atomic E-state index is 0.123. The summed E-state index contributed by atoms with van der Waals surface area (Å²) in [4.78, 5) is 12.1. The number of ether oxygens (including phenoxy) is 1. The van der Waals surface area contributed by atoms with Crippen molar-refractivity contribution in [2.75, 3.05) is 7.11 Å². The van der Waals surface area contributed by atoms with E-state index in [0.29, 0.717) is 6.54 Å². The number of benzene rings is 2. The van der Waals surface area contributed by atoms with E-state index in [9.17, 15) is 4.79 Å². The van der Waals surface area contributed by atoms with Crippen LogP contribution >= 0.6 is 15.9 Å². The lowest BCUT2D eigenvalue weighted by Crippen LogP contribution is -2.22. The van der Waals surface area contributed by atoms with Crippen LogP contribution in [0.3, 0.4) is 0 Å². The Morgan fingerprint density at radius 3 is 2.57 bits per heavy atom. The molecule has 0 spiro atoms. The van der Waals surface area contributed by atoms with Gasteiger partial charge in [-0.05, 0) is 48.0 Å². The lowest BCUT2D eigenvalue weighted by molar-refractivity contribution is 0.415. The normalized spacial score (nSPS) is 10.5. The van der Waals surface area contributed by atoms with E-state index in [4.69, 9.17) is 4.74 Å². The second-order valence-corrected chi connectivity index (χ2v) is 5.99. The van der Waals surface area contributed by atoms with Gasteiger partial charge in [0.2, 0.25) is 0 Å². The van der Waals surface area contributed by atoms with E-state index in [1.165, 1.54) is 4.68 Å². The highest BCUT2D eigenvalue weighted by Gasteiger charge is 2.05. The molecular formula is C18H15BrN2O2. The van der Waals surface area contributed by atoms with E-state index in [2.05, 4.69) is 21.0 Å². The molecule has 0 atom stereocenters. The number of hydrogen-bond donors (Lipinski definition) is 0. The highest BCUT2D eigenvalue weighted by atomic mass is 79.9. The van der Waals surface area contributed by atoms with E-state index in [0.717, 1.165) is 27.0 Å². The van der Waals surface area contributed by atoms with Gasteiger partial charge in [0.25, 0.3) is 5.56 Å². The van der Waals surface area contributed by atoms with Crippen LogP contribution in [0.5, 0.6) is 5.75 Å². The standard InChI is InChI=1S/C18H15BrN2O2/c1-23-16-7-5-14(6-8-16)17-9-10-18(22)21(20-17)12-13-3-2-4-15(19)11-13/h2-11H,12H2,1H3. The van der Waals surface area contributed by atoms with Gasteiger partial charge in [0, 0.05) is 16.1 Å². The summed E-state index contributed by atoms with van der Waals surface area (Å²) in [5, 5.41) is 4.47. The topological polar surface area (TPSA) is 44.1 Å². The summed E-state index contributed by atoms with van der Waals surface area (Å²) in [6.45, 7) is 0.433. The van der Waals surface area contributed by atoms with Crippen molar-refractivity contribution >= 4 is 15.9 Å². The molecule has 0 N–H and O–H groups in total. The molecule has 23 heavy (non-hydrogen) atoms. The van der Waals surface area contributed by atoms with Gasteiger partial charge in [-0.3, -0.25) is 4.79 Å². The molecule has 0 bridgehead atoms. The maximum absolute atomic E-state index is 12.1. The molecule has 2 aromatic carbocycles. The molecular weight excluding hydrogens is 356 g/mol. The van der Waals surface area contributed by atoms with Crippen LogP contribution < -0.4 is 10.3 Å². The Kier molecular flexibility index (Phi) is 4.57. The molecule has 4 nitrogen and oxygen atoms in total. The van der Waals surface area contributed by atoms with Crippen molar-refractivity contribution in [3.05, 3.63) is 81.1 Å². The fraction of sp³-hybridized carbons (Fsp3) is 0.111. The summed E-state index contributed by atoms with van der Waals surface area (Å²) in [6, 6.07) is 18.7. The first kappa shape index (κ1) is 15.5. The lowest BCUT2D eigenvalue weighted by Gasteiger charge is -2.08. The van der Waals surface area contributed by atoms with Gasteiger partial charge in [-0.15, -0.1) is 0 Å². The maximum Gasteiger partial charge on any atom is 0.267 e. The van der Waals surface area contributed by atoms with Crippen LogP contribution in [-0.4, -0.2) is 16.9 Å². The minimum Gasteiger partial charge on any atom is -0.497 e. The third kappa shape index (κ3) is 3.68. The highest BCUT2D eigenvalue weighted by Crippen LogP contribution is 2.19. The van der Waals surface area contributed by atoms with Crippen LogP contribution in [-0.2, 0) is 6.54 Å². The first-order valence-corrected chi connectivity index (χ1v) is 7.92. The Morgan fingerprint density at radius 1 is 1.09 bits per heavy atom. The number of methoxy groups -OCH3 is 1. The van der Waals surface area contributed by atoms with Crippen LogP contribution in [0.15, 0.2) is 69.9 Å². The fourth-order valence-corrected chi connectivity index (χ4v) is 2.73. The number of hydrogen-bond acceptors (Lipinski definition) is 3. The zero-order valence-corrected chi connectivity index (χ0v) is 14.2. The third-order valence-electron chi connectivity index (χ3n) is 3.47. The van der Waals surface area contributed by atoms with Crippen LogP contribution in [0, 0.1) is 0 Å². The number of nitrogens with zero attached hydrogens (tertiary/aromatic N) is 2. The lowest BCUT2D eigenvalue weighted by atomic mass is 10.1. The summed E-state index contributed by atoms with van der Waals surface area (Å²) in [5.74, 6) is 0.788. The SMILES string of the molecule is COc1ccc(-c2ccc(=O)n(Cc3cccc(Br)c3)n2)cc1. The fourth-order valence-electron chi connectivity index (χ4n) is 2.29. The minimum atomic E-state index is -0.123. The molecule has 5 heteroatoms. The smallest absolute Gasteiger partial charge is 0.267 e. The molecule has 0 fully saturated rings. The molecule has 0 amide bonds. The van der Waals surface area contributed by atoms with Crippen LogP contribution in [0.4, 0.5) is 0 Å². The van der Waals surface area contributed by atoms with Gasteiger partial charge >= 0.3 is 0 Å². The van der Waals surface area contributed by atoms with Crippen LogP contribution in [0.1, 0.15) is 5.56 Å². The second kappa shape index (κ2) is 6.79. The van der Waals surface area contributed by atoms with Crippen molar-refractivity contribution in [1.82, 2.24) is 9.78 Å². The van der Waals surface area contributed by atoms with Gasteiger partial charge in [0.1, 0.15) is 5.75 Å². The first-order valence-electron chi connectivity index (χ1n) is 7.13. The molecule has 0 aliphatic rings. The number of rotatable bonds is 4. The van der Waals surface area contributed by atoms with Crippen molar-refractivity contribution < 1.29 is 4.74 Å². The van der Waals surface area contributed by atoms with Crippen LogP contribution in [0.25, 0.3) is 11.3 Å². The molecule has 0 unspecified atom stereocenters. The molecule has 3 aromatic rings. The van der Waals surface area contributed by atoms with E-state index >= 15 is 0 Å². The summed E-state index contributed by atoms with van der Waals surface area (Å²) in [5.41, 5.74) is 2.58. The molecule has 3 rings (SSSR count). The zero-order valence-electron chi connectivity index (χ0n) is 12.6. The van der Waals surface area contributed by atoms with E-state index in [1.54, 1.807) is 19.2 Å². The average molecular weight is 371 g/mol. The van der Waals surface area contributed by atoms with Crippen molar-refractivity contribution in [3.8, 4) is 17.0 Å². The van der Waals surface area contributed by atoms with Crippen molar-refractivity contribution in [2.45, 2.75) is 6.54 Å². The van der Waals surface area contributed by atoms with Gasteiger partial charge in [-0.25, -0.2) is 4.68 Å². The Balaban J connectivity index is 1.93. The van der Waals surface area contributed by atoms with Gasteiger partial charge in [0.15, 0.2) is 0 Å². The largest absolute Gasteiger partial charge is 0.497 e. The Hall–Kier alpha value is -2.40. The number of halogens is 1. The molecule has 0 saturated heterocycles. The van der Waals surface area contributed by atoms with Crippen molar-refractivity contribution in [3.63, 3.8) is 0 Å². The second-order valence-electron chi connectivity index (χ2n) is 5.07. The van der Waals surface area contributed by atoms with Gasteiger partial charge in [0.05, 0.1) is 19.3 Å². The predicted octanol–water partition coefficient (Wildman–Crippen LogP) is 3.73. The summed E-state index contributed by atoms with van der Waals surface area (Å²) in [7, 11) is 1.63.